The molecule has 108 valence electrons. The van der Waals surface area contributed by atoms with Gasteiger partial charge in [-0.1, -0.05) is 48.5 Å². The summed E-state index contributed by atoms with van der Waals surface area (Å²) in [6.07, 6.45) is 3.11. The van der Waals surface area contributed by atoms with Crippen molar-refractivity contribution in [1.82, 2.24) is 5.32 Å². The smallest absolute Gasteiger partial charge is 0.133 e. The van der Waals surface area contributed by atoms with Gasteiger partial charge in [0, 0.05) is 12.0 Å². The van der Waals surface area contributed by atoms with E-state index in [1.54, 1.807) is 0 Å². The number of carbonyl (C=O) groups excluding carboxylic acids is 1. The Morgan fingerprint density at radius 1 is 1.05 bits per heavy atom. The van der Waals surface area contributed by atoms with E-state index in [2.05, 4.69) is 60.8 Å². The zero-order chi connectivity index (χ0) is 14.7. The minimum atomic E-state index is 0.370. The summed E-state index contributed by atoms with van der Waals surface area (Å²) >= 11 is 0. The predicted octanol–water partition coefficient (Wildman–Crippen LogP) is 3.76. The summed E-state index contributed by atoms with van der Waals surface area (Å²) < 4.78 is 0. The molecule has 2 aromatic carbocycles. The van der Waals surface area contributed by atoms with Crippen LogP contribution in [0.25, 0.3) is 11.1 Å². The largest absolute Gasteiger partial charge is 0.308 e. The third-order valence-corrected chi connectivity index (χ3v) is 4.40. The van der Waals surface area contributed by atoms with E-state index in [4.69, 9.17) is 0 Å². The number of carbonyl (C=O) groups is 1. The average Bonchev–Trinajstić information content (AvgIpc) is 2.85. The Labute approximate surface area is 126 Å². The Balaban J connectivity index is 1.80. The van der Waals surface area contributed by atoms with Crippen LogP contribution in [0.3, 0.4) is 0 Å². The van der Waals surface area contributed by atoms with Gasteiger partial charge in [-0.15, -0.1) is 0 Å². The second kappa shape index (κ2) is 6.23. The highest BCUT2D eigenvalue weighted by atomic mass is 16.1. The monoisotopic (exact) mass is 279 g/mol. The summed E-state index contributed by atoms with van der Waals surface area (Å²) in [6.45, 7) is 2.59. The van der Waals surface area contributed by atoms with Gasteiger partial charge in [-0.25, -0.2) is 0 Å². The van der Waals surface area contributed by atoms with Crippen LogP contribution in [0.2, 0.25) is 0 Å². The topological polar surface area (TPSA) is 29.1 Å². The number of benzene rings is 2. The zero-order valence-corrected chi connectivity index (χ0v) is 12.4. The van der Waals surface area contributed by atoms with Gasteiger partial charge in [0.05, 0.1) is 6.54 Å². The Bertz CT molecular complexity index is 589. The second-order valence-electron chi connectivity index (χ2n) is 5.78. The maximum atomic E-state index is 10.4. The quantitative estimate of drug-likeness (QED) is 0.816. The molecular weight excluding hydrogens is 258 g/mol. The van der Waals surface area contributed by atoms with E-state index in [9.17, 15) is 4.79 Å². The van der Waals surface area contributed by atoms with Crippen LogP contribution in [0.4, 0.5) is 0 Å². The van der Waals surface area contributed by atoms with Gasteiger partial charge in [0.1, 0.15) is 6.29 Å². The molecule has 0 saturated carbocycles. The fraction of sp³-hybridized carbons (Fsp3) is 0.316. The third-order valence-electron chi connectivity index (χ3n) is 4.40. The van der Waals surface area contributed by atoms with Gasteiger partial charge in [0.15, 0.2) is 0 Å². The molecule has 0 radical (unpaired) electrons. The van der Waals surface area contributed by atoms with E-state index in [1.165, 1.54) is 22.3 Å². The number of aldehydes is 1. The van der Waals surface area contributed by atoms with Crippen molar-refractivity contribution >= 4 is 6.29 Å². The van der Waals surface area contributed by atoms with E-state index in [0.29, 0.717) is 18.5 Å². The van der Waals surface area contributed by atoms with Crippen LogP contribution in [0.15, 0.2) is 48.5 Å². The summed E-state index contributed by atoms with van der Waals surface area (Å²) in [7, 11) is 0. The maximum absolute atomic E-state index is 10.4. The lowest BCUT2D eigenvalue weighted by Gasteiger charge is -2.17. The van der Waals surface area contributed by atoms with Crippen LogP contribution in [0.1, 0.15) is 36.8 Å². The lowest BCUT2D eigenvalue weighted by Crippen LogP contribution is -2.27. The number of rotatable bonds is 6. The molecule has 1 unspecified atom stereocenters. The molecule has 0 spiro atoms. The van der Waals surface area contributed by atoms with Crippen molar-refractivity contribution in [1.29, 1.82) is 0 Å². The van der Waals surface area contributed by atoms with Crippen molar-refractivity contribution in [2.75, 3.05) is 6.54 Å². The first-order valence-electron chi connectivity index (χ1n) is 7.66. The average molecular weight is 279 g/mol. The Morgan fingerprint density at radius 2 is 1.62 bits per heavy atom. The van der Waals surface area contributed by atoms with Crippen molar-refractivity contribution < 1.29 is 4.79 Å². The molecule has 1 atom stereocenters. The molecule has 1 aliphatic rings. The molecule has 0 aliphatic heterocycles. The molecule has 0 saturated heterocycles. The number of hydrogen-bond acceptors (Lipinski definition) is 2. The standard InChI is InChI=1S/C19H21NO/c1-14(20-12-13-21)10-11-19-17-8-4-2-6-15(17)16-7-3-5-9-18(16)19/h2-9,13-14,19-20H,10-12H2,1H3. The van der Waals surface area contributed by atoms with Crippen LogP contribution in [-0.4, -0.2) is 18.9 Å². The highest BCUT2D eigenvalue weighted by molar-refractivity contribution is 5.78. The SMILES string of the molecule is CC(CCC1c2ccccc2-c2ccccc21)NCC=O. The molecule has 0 amide bonds. The van der Waals surface area contributed by atoms with Crippen molar-refractivity contribution in [3.63, 3.8) is 0 Å². The van der Waals surface area contributed by atoms with Crippen molar-refractivity contribution in [2.24, 2.45) is 0 Å². The van der Waals surface area contributed by atoms with E-state index in [0.717, 1.165) is 19.1 Å². The molecule has 0 bridgehead atoms. The third kappa shape index (κ3) is 2.77. The van der Waals surface area contributed by atoms with Gasteiger partial charge in [0.2, 0.25) is 0 Å². The van der Waals surface area contributed by atoms with Gasteiger partial charge in [-0.3, -0.25) is 0 Å². The lowest BCUT2D eigenvalue weighted by atomic mass is 9.91. The molecule has 2 heteroatoms. The Hall–Kier alpha value is -1.93. The Morgan fingerprint density at radius 3 is 2.19 bits per heavy atom. The molecule has 0 heterocycles. The van der Waals surface area contributed by atoms with E-state index in [1.807, 2.05) is 0 Å². The summed E-state index contributed by atoms with van der Waals surface area (Å²) in [4.78, 5) is 10.4. The molecule has 3 rings (SSSR count). The molecule has 21 heavy (non-hydrogen) atoms. The fourth-order valence-corrected chi connectivity index (χ4v) is 3.34. The first-order chi connectivity index (χ1) is 10.3. The minimum absolute atomic E-state index is 0.370. The molecule has 0 fully saturated rings. The van der Waals surface area contributed by atoms with Gasteiger partial charge < -0.3 is 10.1 Å². The molecular formula is C19H21NO. The summed E-state index contributed by atoms with van der Waals surface area (Å²) in [6, 6.07) is 17.8. The molecule has 2 aromatic rings. The van der Waals surface area contributed by atoms with Crippen LogP contribution in [0, 0.1) is 0 Å². The van der Waals surface area contributed by atoms with Gasteiger partial charge in [-0.2, -0.15) is 0 Å². The highest BCUT2D eigenvalue weighted by Crippen LogP contribution is 2.46. The summed E-state index contributed by atoms with van der Waals surface area (Å²) in [5.41, 5.74) is 5.65. The zero-order valence-electron chi connectivity index (χ0n) is 12.4. The van der Waals surface area contributed by atoms with Crippen molar-refractivity contribution in [2.45, 2.75) is 31.7 Å². The maximum Gasteiger partial charge on any atom is 0.133 e. The van der Waals surface area contributed by atoms with Gasteiger partial charge in [-0.05, 0) is 42.0 Å². The summed E-state index contributed by atoms with van der Waals surface area (Å²) in [5.74, 6) is 0.484. The van der Waals surface area contributed by atoms with E-state index in [-0.39, 0.29) is 0 Å². The van der Waals surface area contributed by atoms with Crippen molar-refractivity contribution in [3.8, 4) is 11.1 Å². The Kier molecular flexibility index (Phi) is 4.16. The molecule has 2 nitrogen and oxygen atoms in total. The van der Waals surface area contributed by atoms with E-state index >= 15 is 0 Å². The molecule has 1 aliphatic carbocycles. The van der Waals surface area contributed by atoms with Crippen LogP contribution < -0.4 is 5.32 Å². The van der Waals surface area contributed by atoms with Crippen LogP contribution in [0.5, 0.6) is 0 Å². The second-order valence-corrected chi connectivity index (χ2v) is 5.78. The first-order valence-corrected chi connectivity index (χ1v) is 7.66. The minimum Gasteiger partial charge on any atom is -0.308 e. The summed E-state index contributed by atoms with van der Waals surface area (Å²) in [5, 5.41) is 3.24. The molecule has 1 N–H and O–H groups in total. The number of hydrogen-bond donors (Lipinski definition) is 1. The van der Waals surface area contributed by atoms with Crippen LogP contribution >= 0.6 is 0 Å². The van der Waals surface area contributed by atoms with E-state index < -0.39 is 0 Å². The predicted molar refractivity (Wildman–Crippen MR) is 86.5 cm³/mol. The van der Waals surface area contributed by atoms with Crippen LogP contribution in [-0.2, 0) is 4.79 Å². The number of fused-ring (bicyclic) bond motifs is 3. The normalized spacial score (nSPS) is 14.5. The fourth-order valence-electron chi connectivity index (χ4n) is 3.34. The van der Waals surface area contributed by atoms with Gasteiger partial charge in [0.25, 0.3) is 0 Å². The number of nitrogens with one attached hydrogen (secondary N) is 1. The lowest BCUT2D eigenvalue weighted by molar-refractivity contribution is -0.107. The molecule has 0 aromatic heterocycles. The highest BCUT2D eigenvalue weighted by Gasteiger charge is 2.27. The van der Waals surface area contributed by atoms with Gasteiger partial charge >= 0.3 is 0 Å². The first kappa shape index (κ1) is 14.0. The van der Waals surface area contributed by atoms with Crippen molar-refractivity contribution in [3.05, 3.63) is 59.7 Å².